The highest BCUT2D eigenvalue weighted by molar-refractivity contribution is 6.30. The molecule has 0 atom stereocenters. The summed E-state index contributed by atoms with van der Waals surface area (Å²) in [6, 6.07) is 8.61. The van der Waals surface area contributed by atoms with Crippen LogP contribution in [0.25, 0.3) is 11.1 Å². The molecule has 0 saturated heterocycles. The fraction of sp³-hybridized carbons (Fsp3) is 0.154. The summed E-state index contributed by atoms with van der Waals surface area (Å²) >= 11 is 5.65. The molecule has 82 valence electrons. The highest BCUT2D eigenvalue weighted by atomic mass is 35.5. The maximum absolute atomic E-state index is 13.3. The molecule has 1 aromatic carbocycles. The van der Waals surface area contributed by atoms with Gasteiger partial charge in [0.15, 0.2) is 0 Å². The van der Waals surface area contributed by atoms with E-state index in [0.29, 0.717) is 0 Å². The van der Waals surface area contributed by atoms with Crippen molar-refractivity contribution in [2.24, 2.45) is 0 Å². The van der Waals surface area contributed by atoms with Crippen molar-refractivity contribution in [1.82, 2.24) is 4.98 Å². The second-order valence-corrected chi connectivity index (χ2v) is 3.89. The van der Waals surface area contributed by atoms with Gasteiger partial charge < -0.3 is 0 Å². The molecule has 0 radical (unpaired) electrons. The molecule has 1 heterocycles. The van der Waals surface area contributed by atoms with E-state index in [4.69, 9.17) is 11.6 Å². The first-order valence-electron chi connectivity index (χ1n) is 5.11. The molecule has 0 aliphatic heterocycles. The number of hydrogen-bond acceptors (Lipinski definition) is 1. The van der Waals surface area contributed by atoms with Crippen LogP contribution in [0.15, 0.2) is 36.5 Å². The maximum atomic E-state index is 13.3. The lowest BCUT2D eigenvalue weighted by atomic mass is 10.0. The Kier molecular flexibility index (Phi) is 3.20. The Morgan fingerprint density at radius 1 is 1.31 bits per heavy atom. The van der Waals surface area contributed by atoms with Gasteiger partial charge >= 0.3 is 0 Å². The van der Waals surface area contributed by atoms with Gasteiger partial charge in [-0.25, -0.2) is 4.39 Å². The van der Waals surface area contributed by atoms with Crippen molar-refractivity contribution in [1.29, 1.82) is 0 Å². The lowest BCUT2D eigenvalue weighted by Crippen LogP contribution is -1.91. The van der Waals surface area contributed by atoms with Crippen LogP contribution < -0.4 is 0 Å². The van der Waals surface area contributed by atoms with Crippen molar-refractivity contribution in [2.75, 3.05) is 0 Å². The van der Waals surface area contributed by atoms with Gasteiger partial charge in [0.2, 0.25) is 0 Å². The Hall–Kier alpha value is -1.41. The van der Waals surface area contributed by atoms with Crippen LogP contribution in [0.5, 0.6) is 0 Å². The van der Waals surface area contributed by atoms with Crippen molar-refractivity contribution in [3.8, 4) is 11.1 Å². The lowest BCUT2D eigenvalue weighted by Gasteiger charge is -2.07. The van der Waals surface area contributed by atoms with Gasteiger partial charge in [0, 0.05) is 17.5 Å². The minimum Gasteiger partial charge on any atom is -0.261 e. The first-order valence-corrected chi connectivity index (χ1v) is 5.49. The summed E-state index contributed by atoms with van der Waals surface area (Å²) in [6.07, 6.45) is 2.56. The minimum absolute atomic E-state index is 0.144. The van der Waals surface area contributed by atoms with E-state index in [1.807, 2.05) is 25.1 Å². The fourth-order valence-electron chi connectivity index (χ4n) is 1.65. The van der Waals surface area contributed by atoms with Crippen molar-refractivity contribution < 1.29 is 4.39 Å². The third-order valence-corrected chi connectivity index (χ3v) is 2.76. The quantitative estimate of drug-likeness (QED) is 0.764. The average Bonchev–Trinajstić information content (AvgIpc) is 2.32. The molecule has 0 fully saturated rings. The molecule has 0 N–H and O–H groups in total. The van der Waals surface area contributed by atoms with Gasteiger partial charge in [0.05, 0.1) is 5.02 Å². The summed E-state index contributed by atoms with van der Waals surface area (Å²) < 4.78 is 13.3. The van der Waals surface area contributed by atoms with Crippen LogP contribution in [-0.2, 0) is 6.42 Å². The zero-order valence-corrected chi connectivity index (χ0v) is 9.63. The molecule has 0 amide bonds. The topological polar surface area (TPSA) is 12.9 Å². The fourth-order valence-corrected chi connectivity index (χ4v) is 1.76. The van der Waals surface area contributed by atoms with Gasteiger partial charge in [-0.15, -0.1) is 0 Å². The van der Waals surface area contributed by atoms with Crippen LogP contribution in [0.2, 0.25) is 5.02 Å². The second-order valence-electron chi connectivity index (χ2n) is 3.48. The molecular formula is C13H11ClFN. The van der Waals surface area contributed by atoms with Crippen molar-refractivity contribution >= 4 is 11.6 Å². The summed E-state index contributed by atoms with van der Waals surface area (Å²) in [7, 11) is 0. The Labute approximate surface area is 98.9 Å². The van der Waals surface area contributed by atoms with Crippen LogP contribution in [0.4, 0.5) is 4.39 Å². The van der Waals surface area contributed by atoms with E-state index >= 15 is 0 Å². The Morgan fingerprint density at radius 3 is 2.81 bits per heavy atom. The van der Waals surface area contributed by atoms with Gasteiger partial charge in [-0.3, -0.25) is 4.98 Å². The normalized spacial score (nSPS) is 10.4. The number of nitrogens with zero attached hydrogens (tertiary/aromatic N) is 1. The summed E-state index contributed by atoms with van der Waals surface area (Å²) in [5.74, 6) is -0.398. The smallest absolute Gasteiger partial charge is 0.142 e. The first-order chi connectivity index (χ1) is 7.72. The van der Waals surface area contributed by atoms with Gasteiger partial charge in [-0.05, 0) is 30.2 Å². The summed E-state index contributed by atoms with van der Waals surface area (Å²) in [5.41, 5.74) is 2.73. The van der Waals surface area contributed by atoms with Crippen LogP contribution in [-0.4, -0.2) is 4.98 Å². The van der Waals surface area contributed by atoms with E-state index in [0.717, 1.165) is 23.2 Å². The molecule has 0 aliphatic carbocycles. The molecule has 0 bridgehead atoms. The molecule has 0 unspecified atom stereocenters. The lowest BCUT2D eigenvalue weighted by molar-refractivity contribution is 0.629. The summed E-state index contributed by atoms with van der Waals surface area (Å²) in [6.45, 7) is 2.03. The average molecular weight is 236 g/mol. The van der Waals surface area contributed by atoms with E-state index in [2.05, 4.69) is 4.98 Å². The summed E-state index contributed by atoms with van der Waals surface area (Å²) in [5, 5.41) is 0.144. The number of benzene rings is 1. The number of aromatic nitrogens is 1. The Bertz CT molecular complexity index is 511. The number of aryl methyl sites for hydroxylation is 1. The number of hydrogen-bond donors (Lipinski definition) is 0. The third-order valence-electron chi connectivity index (χ3n) is 2.46. The minimum atomic E-state index is -0.398. The molecule has 2 rings (SSSR count). The van der Waals surface area contributed by atoms with Crippen LogP contribution in [0.1, 0.15) is 12.6 Å². The molecule has 0 aliphatic rings. The predicted octanol–water partition coefficient (Wildman–Crippen LogP) is 4.10. The molecule has 2 aromatic rings. The maximum Gasteiger partial charge on any atom is 0.142 e. The second kappa shape index (κ2) is 4.62. The molecule has 0 spiro atoms. The van der Waals surface area contributed by atoms with E-state index in [-0.39, 0.29) is 5.02 Å². The van der Waals surface area contributed by atoms with Crippen molar-refractivity contribution in [2.45, 2.75) is 13.3 Å². The zero-order chi connectivity index (χ0) is 11.5. The highest BCUT2D eigenvalue weighted by Gasteiger charge is 2.07. The monoisotopic (exact) mass is 235 g/mol. The Morgan fingerprint density at radius 2 is 2.12 bits per heavy atom. The van der Waals surface area contributed by atoms with Crippen molar-refractivity contribution in [3.63, 3.8) is 0 Å². The third kappa shape index (κ3) is 2.07. The van der Waals surface area contributed by atoms with Gasteiger partial charge in [-0.1, -0.05) is 30.7 Å². The van der Waals surface area contributed by atoms with E-state index in [1.54, 1.807) is 12.3 Å². The predicted molar refractivity (Wildman–Crippen MR) is 64.0 cm³/mol. The zero-order valence-electron chi connectivity index (χ0n) is 8.87. The van der Waals surface area contributed by atoms with Crippen LogP contribution >= 0.6 is 11.6 Å². The highest BCUT2D eigenvalue weighted by Crippen LogP contribution is 2.26. The molecule has 1 nitrogen and oxygen atoms in total. The van der Waals surface area contributed by atoms with Crippen LogP contribution in [0.3, 0.4) is 0 Å². The Balaban J connectivity index is 2.54. The standard InChI is InChI=1S/C13H11ClFN/c1-2-13-10(4-3-7-16-13)9-5-6-11(14)12(15)8-9/h3-8H,2H2,1H3. The van der Waals surface area contributed by atoms with Crippen molar-refractivity contribution in [3.05, 3.63) is 53.1 Å². The molecular weight excluding hydrogens is 225 g/mol. The molecule has 16 heavy (non-hydrogen) atoms. The molecule has 1 aromatic heterocycles. The number of rotatable bonds is 2. The van der Waals surface area contributed by atoms with Gasteiger partial charge in [0.1, 0.15) is 5.82 Å². The van der Waals surface area contributed by atoms with E-state index in [1.165, 1.54) is 6.07 Å². The summed E-state index contributed by atoms with van der Waals surface area (Å²) in [4.78, 5) is 4.27. The largest absolute Gasteiger partial charge is 0.261 e. The number of halogens is 2. The van der Waals surface area contributed by atoms with E-state index < -0.39 is 5.82 Å². The number of pyridine rings is 1. The van der Waals surface area contributed by atoms with Gasteiger partial charge in [0.25, 0.3) is 0 Å². The van der Waals surface area contributed by atoms with Crippen LogP contribution in [0, 0.1) is 5.82 Å². The first kappa shape index (κ1) is 11.1. The molecule has 3 heteroatoms. The SMILES string of the molecule is CCc1ncccc1-c1ccc(Cl)c(F)c1. The molecule has 0 saturated carbocycles. The van der Waals surface area contributed by atoms with E-state index in [9.17, 15) is 4.39 Å². The van der Waals surface area contributed by atoms with Gasteiger partial charge in [-0.2, -0.15) is 0 Å².